The quantitative estimate of drug-likeness (QED) is 0.0960. The van der Waals surface area contributed by atoms with Crippen LogP contribution >= 0.6 is 24.4 Å². The van der Waals surface area contributed by atoms with E-state index in [1.807, 2.05) is 42.3 Å². The molecule has 0 heterocycles. The van der Waals surface area contributed by atoms with Crippen LogP contribution in [0.2, 0.25) is 0 Å². The van der Waals surface area contributed by atoms with Crippen LogP contribution in [-0.2, 0) is 9.59 Å². The number of nitrogens with one attached hydrogen (secondary N) is 6. The van der Waals surface area contributed by atoms with Crippen LogP contribution in [0, 0.1) is 0 Å². The standard InChI is InChI=1S/C19H30N8O4S2.2ClH/c1-26(2,3)10-15(28)22-24-18(32)20-13-7-12(17(30)31)8-14(9-13)21-19(33)25-23-16(29)11-27(4,5)6;;/h7-9H,10-11H2,1-6H3,(H5-2,20,21,22,23,24,25,28,29,30,31,32,33);2*1H. The summed E-state index contributed by atoms with van der Waals surface area (Å²) in [5, 5.41) is 15.1. The first-order valence-electron chi connectivity index (χ1n) is 9.75. The molecule has 0 radical (unpaired) electrons. The van der Waals surface area contributed by atoms with Crippen molar-refractivity contribution in [1.82, 2.24) is 21.7 Å². The number of anilines is 2. The Hall–Kier alpha value is -2.49. The Bertz CT molecular complexity index is 872. The molecule has 0 aromatic heterocycles. The summed E-state index contributed by atoms with van der Waals surface area (Å²) >= 11 is 10.3. The molecule has 12 nitrogen and oxygen atoms in total. The second-order valence-corrected chi connectivity index (χ2v) is 10.1. The van der Waals surface area contributed by atoms with Crippen molar-refractivity contribution in [2.75, 3.05) is 66.0 Å². The number of quaternary nitrogens is 2. The van der Waals surface area contributed by atoms with Crippen LogP contribution in [0.4, 0.5) is 11.4 Å². The molecule has 35 heavy (non-hydrogen) atoms. The van der Waals surface area contributed by atoms with Crippen LogP contribution in [0.3, 0.4) is 0 Å². The second kappa shape index (κ2) is 14.8. The SMILES string of the molecule is C[N+](C)(C)CC(=O)NNC(=S)Nc1cc(NC(=S)NNC(=O)C[N+](C)(C)C)cc(C(=O)O)c1.[Cl-].[Cl-]. The normalized spacial score (nSPS) is 10.5. The van der Waals surface area contributed by atoms with Crippen LogP contribution in [0.15, 0.2) is 18.2 Å². The monoisotopic (exact) mass is 570 g/mol. The van der Waals surface area contributed by atoms with Gasteiger partial charge in [0.15, 0.2) is 23.3 Å². The van der Waals surface area contributed by atoms with E-state index in [9.17, 15) is 19.5 Å². The third-order valence-corrected chi connectivity index (χ3v) is 3.97. The van der Waals surface area contributed by atoms with Gasteiger partial charge in [0.2, 0.25) is 0 Å². The molecule has 1 aromatic carbocycles. The first kappa shape index (κ1) is 34.7. The van der Waals surface area contributed by atoms with Gasteiger partial charge in [0.25, 0.3) is 11.8 Å². The highest BCUT2D eigenvalue weighted by Gasteiger charge is 2.16. The molecule has 0 fully saturated rings. The molecule has 0 aliphatic rings. The van der Waals surface area contributed by atoms with Crippen molar-refractivity contribution in [2.45, 2.75) is 0 Å². The third-order valence-electron chi connectivity index (χ3n) is 3.56. The van der Waals surface area contributed by atoms with E-state index in [-0.39, 0.29) is 65.5 Å². The minimum Gasteiger partial charge on any atom is -1.00 e. The summed E-state index contributed by atoms with van der Waals surface area (Å²) in [6.45, 7) is 0.460. The van der Waals surface area contributed by atoms with E-state index in [2.05, 4.69) is 32.3 Å². The fourth-order valence-electron chi connectivity index (χ4n) is 2.41. The Morgan fingerprint density at radius 1 is 0.714 bits per heavy atom. The predicted molar refractivity (Wildman–Crippen MR) is 134 cm³/mol. The molecular weight excluding hydrogens is 539 g/mol. The number of thiocarbonyl (C=S) groups is 2. The number of hydrogen-bond donors (Lipinski definition) is 7. The molecule has 198 valence electrons. The van der Waals surface area contributed by atoms with E-state index >= 15 is 0 Å². The minimum atomic E-state index is -1.16. The number of aromatic carboxylic acids is 1. The van der Waals surface area contributed by atoms with Crippen molar-refractivity contribution in [3.63, 3.8) is 0 Å². The number of likely N-dealkylation sites (N-methyl/N-ethyl adjacent to an activating group) is 2. The van der Waals surface area contributed by atoms with E-state index in [0.717, 1.165) is 0 Å². The van der Waals surface area contributed by atoms with Crippen molar-refractivity contribution in [1.29, 1.82) is 0 Å². The Kier molecular flexibility index (Phi) is 14.7. The van der Waals surface area contributed by atoms with Crippen LogP contribution in [0.25, 0.3) is 0 Å². The summed E-state index contributed by atoms with van der Waals surface area (Å²) < 4.78 is 0.875. The Balaban J connectivity index is 0. The molecule has 7 N–H and O–H groups in total. The first-order chi connectivity index (χ1) is 15.0. The molecule has 1 aromatic rings. The van der Waals surface area contributed by atoms with Gasteiger partial charge in [-0.1, -0.05) is 0 Å². The highest BCUT2D eigenvalue weighted by atomic mass is 35.5. The van der Waals surface area contributed by atoms with Gasteiger partial charge in [-0.05, 0) is 42.6 Å². The van der Waals surface area contributed by atoms with Gasteiger partial charge < -0.3 is 49.5 Å². The number of halogens is 2. The summed E-state index contributed by atoms with van der Waals surface area (Å²) in [5.41, 5.74) is 10.7. The number of carbonyl (C=O) groups excluding carboxylic acids is 2. The summed E-state index contributed by atoms with van der Waals surface area (Å²) in [7, 11) is 11.2. The van der Waals surface area contributed by atoms with Crippen molar-refractivity contribution in [3.8, 4) is 0 Å². The van der Waals surface area contributed by atoms with Gasteiger partial charge in [0, 0.05) is 11.4 Å². The highest BCUT2D eigenvalue weighted by Crippen LogP contribution is 2.19. The lowest BCUT2D eigenvalue weighted by Crippen LogP contribution is -3.00. The first-order valence-corrected chi connectivity index (χ1v) is 10.6. The topological polar surface area (TPSA) is 144 Å². The zero-order chi connectivity index (χ0) is 25.4. The Morgan fingerprint density at radius 3 is 1.34 bits per heavy atom. The van der Waals surface area contributed by atoms with Gasteiger partial charge in [0.1, 0.15) is 0 Å². The van der Waals surface area contributed by atoms with Crippen LogP contribution in [0.1, 0.15) is 10.4 Å². The molecule has 0 saturated heterocycles. The molecule has 0 aliphatic carbocycles. The largest absolute Gasteiger partial charge is 1.00 e. The van der Waals surface area contributed by atoms with E-state index < -0.39 is 5.97 Å². The summed E-state index contributed by atoms with van der Waals surface area (Å²) in [5.74, 6) is -1.69. The Labute approximate surface area is 228 Å². The lowest BCUT2D eigenvalue weighted by atomic mass is 10.1. The lowest BCUT2D eigenvalue weighted by molar-refractivity contribution is -0.862. The number of nitrogens with zero attached hydrogens (tertiary/aromatic N) is 2. The van der Waals surface area contributed by atoms with Crippen molar-refractivity contribution in [2.24, 2.45) is 0 Å². The number of benzene rings is 1. The summed E-state index contributed by atoms with van der Waals surface area (Å²) in [4.78, 5) is 35.3. The summed E-state index contributed by atoms with van der Waals surface area (Å²) in [6, 6.07) is 4.31. The maximum atomic E-state index is 11.9. The molecule has 2 amide bonds. The maximum Gasteiger partial charge on any atom is 0.335 e. The molecule has 0 unspecified atom stereocenters. The van der Waals surface area contributed by atoms with Crippen molar-refractivity contribution < 1.29 is 53.3 Å². The van der Waals surface area contributed by atoms with Crippen molar-refractivity contribution >= 4 is 63.8 Å². The lowest BCUT2D eigenvalue weighted by Gasteiger charge is -2.23. The predicted octanol–water partition coefficient (Wildman–Crippen LogP) is -6.56. The van der Waals surface area contributed by atoms with Crippen LogP contribution < -0.4 is 57.2 Å². The van der Waals surface area contributed by atoms with Gasteiger partial charge in [-0.25, -0.2) is 4.79 Å². The van der Waals surface area contributed by atoms with Crippen LogP contribution in [-0.4, -0.2) is 97.5 Å². The number of hydrogen-bond acceptors (Lipinski definition) is 5. The molecule has 0 atom stereocenters. The molecule has 0 bridgehead atoms. The van der Waals surface area contributed by atoms with E-state index in [0.29, 0.717) is 20.3 Å². The molecule has 0 saturated carbocycles. The minimum absolute atomic E-state index is 0. The number of carboxylic acids is 1. The van der Waals surface area contributed by atoms with Crippen LogP contribution in [0.5, 0.6) is 0 Å². The molecule has 0 aliphatic heterocycles. The maximum absolute atomic E-state index is 11.9. The Morgan fingerprint density at radius 2 is 1.06 bits per heavy atom. The second-order valence-electron chi connectivity index (χ2n) is 9.26. The van der Waals surface area contributed by atoms with E-state index in [1.165, 1.54) is 12.1 Å². The molecular formula is C19H32Cl2N8O4S2. The van der Waals surface area contributed by atoms with Gasteiger partial charge in [-0.2, -0.15) is 0 Å². The third kappa shape index (κ3) is 15.9. The summed E-state index contributed by atoms with van der Waals surface area (Å²) in [6.07, 6.45) is 0. The average Bonchev–Trinajstić information content (AvgIpc) is 2.62. The van der Waals surface area contributed by atoms with Gasteiger partial charge in [-0.15, -0.1) is 0 Å². The zero-order valence-electron chi connectivity index (χ0n) is 20.3. The fourth-order valence-corrected chi connectivity index (χ4v) is 2.75. The van der Waals surface area contributed by atoms with E-state index in [4.69, 9.17) is 24.4 Å². The highest BCUT2D eigenvalue weighted by molar-refractivity contribution is 7.80. The number of amides is 2. The number of carboxylic acid groups (broad SMARTS) is 1. The number of hydrazine groups is 2. The molecule has 16 heteroatoms. The zero-order valence-corrected chi connectivity index (χ0v) is 23.4. The van der Waals surface area contributed by atoms with Gasteiger partial charge in [-0.3, -0.25) is 31.3 Å². The van der Waals surface area contributed by atoms with Gasteiger partial charge >= 0.3 is 5.97 Å². The number of carbonyl (C=O) groups is 3. The van der Waals surface area contributed by atoms with Crippen molar-refractivity contribution in [3.05, 3.63) is 23.8 Å². The van der Waals surface area contributed by atoms with E-state index in [1.54, 1.807) is 6.07 Å². The fraction of sp³-hybridized carbons (Fsp3) is 0.421. The smallest absolute Gasteiger partial charge is 0.335 e. The average molecular weight is 572 g/mol. The molecule has 1 rings (SSSR count). The number of rotatable bonds is 7. The van der Waals surface area contributed by atoms with Gasteiger partial charge in [0.05, 0.1) is 47.8 Å². The molecule has 0 spiro atoms.